The molecule has 0 aliphatic heterocycles. The molecule has 3 aromatic heterocycles. The van der Waals surface area contributed by atoms with E-state index < -0.39 is 5.91 Å². The number of aromatic nitrogens is 1. The molecule has 152 valence electrons. The molecule has 0 fully saturated rings. The highest BCUT2D eigenvalue weighted by Gasteiger charge is 2.23. The van der Waals surface area contributed by atoms with Gasteiger partial charge in [0.05, 0.1) is 22.6 Å². The van der Waals surface area contributed by atoms with Gasteiger partial charge in [-0.15, -0.1) is 22.7 Å². The van der Waals surface area contributed by atoms with Crippen molar-refractivity contribution in [2.24, 2.45) is 5.73 Å². The summed E-state index contributed by atoms with van der Waals surface area (Å²) in [7, 11) is 0. The number of carbonyl (C=O) groups is 2. The molecule has 0 bridgehead atoms. The second kappa shape index (κ2) is 8.25. The lowest BCUT2D eigenvalue weighted by Gasteiger charge is -2.06. The number of rotatable bonds is 6. The van der Waals surface area contributed by atoms with E-state index in [9.17, 15) is 9.59 Å². The monoisotopic (exact) mass is 437 g/mol. The number of oxazole rings is 1. The fourth-order valence-electron chi connectivity index (χ4n) is 3.24. The molecule has 3 N–H and O–H groups in total. The number of hydrogen-bond donors (Lipinski definition) is 2. The van der Waals surface area contributed by atoms with Gasteiger partial charge in [0.2, 0.25) is 11.8 Å². The van der Waals surface area contributed by atoms with Gasteiger partial charge in [-0.1, -0.05) is 36.4 Å². The average molecular weight is 438 g/mol. The predicted molar refractivity (Wildman–Crippen MR) is 120 cm³/mol. The van der Waals surface area contributed by atoms with Gasteiger partial charge < -0.3 is 15.5 Å². The van der Waals surface area contributed by atoms with Crippen molar-refractivity contribution in [1.82, 2.24) is 4.98 Å². The molecule has 4 rings (SSSR count). The largest absolute Gasteiger partial charge is 0.440 e. The first-order valence-corrected chi connectivity index (χ1v) is 10.9. The fraction of sp³-hybridized carbons (Fsp3) is 0.136. The predicted octanol–water partition coefficient (Wildman–Crippen LogP) is 5.03. The molecule has 30 heavy (non-hydrogen) atoms. The van der Waals surface area contributed by atoms with E-state index in [0.29, 0.717) is 27.9 Å². The third kappa shape index (κ3) is 3.92. The lowest BCUT2D eigenvalue weighted by atomic mass is 10.0. The number of carbonyl (C=O) groups excluding carboxylic acids is 2. The van der Waals surface area contributed by atoms with Crippen LogP contribution in [-0.4, -0.2) is 16.8 Å². The number of thiophene rings is 2. The SMILES string of the molecule is Cc1oc(-c2cccs2)nc1CC(=O)Nc1sc(C)c(-c2ccccc2)c1C(N)=O. The van der Waals surface area contributed by atoms with Gasteiger partial charge in [0.15, 0.2) is 0 Å². The molecule has 4 aromatic rings. The van der Waals surface area contributed by atoms with Gasteiger partial charge in [-0.25, -0.2) is 4.98 Å². The highest BCUT2D eigenvalue weighted by Crippen LogP contribution is 2.39. The van der Waals surface area contributed by atoms with Crippen molar-refractivity contribution < 1.29 is 14.0 Å². The van der Waals surface area contributed by atoms with Gasteiger partial charge >= 0.3 is 0 Å². The standard InChI is InChI=1S/C22H19N3O3S2/c1-12-15(24-21(28-12)16-9-6-10-29-16)11-17(26)25-22-19(20(23)27)18(13(2)30-22)14-7-4-3-5-8-14/h3-10H,11H2,1-2H3,(H2,23,27)(H,25,26). The van der Waals surface area contributed by atoms with Crippen molar-refractivity contribution in [1.29, 1.82) is 0 Å². The maximum absolute atomic E-state index is 12.7. The minimum absolute atomic E-state index is 0.0382. The zero-order valence-corrected chi connectivity index (χ0v) is 18.0. The van der Waals surface area contributed by atoms with E-state index in [4.69, 9.17) is 10.2 Å². The number of benzene rings is 1. The van der Waals surface area contributed by atoms with Gasteiger partial charge in [0, 0.05) is 10.4 Å². The first-order valence-electron chi connectivity index (χ1n) is 9.22. The van der Waals surface area contributed by atoms with Crippen molar-refractivity contribution in [3.05, 3.63) is 69.7 Å². The summed E-state index contributed by atoms with van der Waals surface area (Å²) in [6.45, 7) is 3.69. The van der Waals surface area contributed by atoms with Crippen LogP contribution in [0.3, 0.4) is 0 Å². The molecule has 0 saturated carbocycles. The smallest absolute Gasteiger partial charge is 0.252 e. The summed E-state index contributed by atoms with van der Waals surface area (Å²) in [5.74, 6) is 0.232. The molecule has 2 amide bonds. The average Bonchev–Trinajstić information content (AvgIpc) is 3.42. The molecule has 8 heteroatoms. The molecule has 1 aromatic carbocycles. The summed E-state index contributed by atoms with van der Waals surface area (Å²) in [4.78, 5) is 31.2. The third-order valence-electron chi connectivity index (χ3n) is 4.60. The van der Waals surface area contributed by atoms with Gasteiger partial charge in [-0.2, -0.15) is 0 Å². The zero-order chi connectivity index (χ0) is 21.3. The van der Waals surface area contributed by atoms with Gasteiger partial charge in [-0.3, -0.25) is 9.59 Å². The third-order valence-corrected chi connectivity index (χ3v) is 6.48. The van der Waals surface area contributed by atoms with Gasteiger partial charge in [0.1, 0.15) is 10.8 Å². The van der Waals surface area contributed by atoms with E-state index in [0.717, 1.165) is 20.9 Å². The summed E-state index contributed by atoms with van der Waals surface area (Å²) in [5, 5.41) is 5.23. The first-order chi connectivity index (χ1) is 14.4. The zero-order valence-electron chi connectivity index (χ0n) is 16.4. The number of nitrogens with one attached hydrogen (secondary N) is 1. The lowest BCUT2D eigenvalue weighted by molar-refractivity contribution is -0.115. The minimum atomic E-state index is -0.578. The van der Waals surface area contributed by atoms with Crippen LogP contribution in [0, 0.1) is 13.8 Å². The Morgan fingerprint density at radius 1 is 1.13 bits per heavy atom. The maximum atomic E-state index is 12.7. The normalized spacial score (nSPS) is 10.9. The van der Waals surface area contributed by atoms with E-state index in [-0.39, 0.29) is 12.3 Å². The molecule has 0 saturated heterocycles. The Labute approximate surface area is 181 Å². The molecule has 0 radical (unpaired) electrons. The van der Waals surface area contributed by atoms with Crippen LogP contribution in [0.15, 0.2) is 52.3 Å². The van der Waals surface area contributed by atoms with Crippen LogP contribution in [-0.2, 0) is 11.2 Å². The second-order valence-corrected chi connectivity index (χ2v) is 8.86. The van der Waals surface area contributed by atoms with E-state index in [2.05, 4.69) is 10.3 Å². The van der Waals surface area contributed by atoms with Crippen LogP contribution < -0.4 is 11.1 Å². The number of anilines is 1. The molecule has 6 nitrogen and oxygen atoms in total. The van der Waals surface area contributed by atoms with E-state index in [1.165, 1.54) is 22.7 Å². The van der Waals surface area contributed by atoms with Crippen LogP contribution in [0.5, 0.6) is 0 Å². The fourth-order valence-corrected chi connectivity index (χ4v) is 4.99. The van der Waals surface area contributed by atoms with Crippen molar-refractivity contribution in [3.8, 4) is 21.9 Å². The highest BCUT2D eigenvalue weighted by molar-refractivity contribution is 7.17. The summed E-state index contributed by atoms with van der Waals surface area (Å²) in [6.07, 6.45) is 0.0382. The maximum Gasteiger partial charge on any atom is 0.252 e. The van der Waals surface area contributed by atoms with Crippen molar-refractivity contribution in [2.75, 3.05) is 5.32 Å². The molecule has 0 unspecified atom stereocenters. The van der Waals surface area contributed by atoms with E-state index >= 15 is 0 Å². The Morgan fingerprint density at radius 3 is 2.57 bits per heavy atom. The molecule has 0 aliphatic carbocycles. The minimum Gasteiger partial charge on any atom is -0.440 e. The van der Waals surface area contributed by atoms with Gasteiger partial charge in [0.25, 0.3) is 5.91 Å². The molecule has 0 atom stereocenters. The van der Waals surface area contributed by atoms with Crippen LogP contribution in [0.4, 0.5) is 5.00 Å². The molecular formula is C22H19N3O3S2. The van der Waals surface area contributed by atoms with Crippen LogP contribution in [0.2, 0.25) is 0 Å². The van der Waals surface area contributed by atoms with Crippen molar-refractivity contribution in [3.63, 3.8) is 0 Å². The van der Waals surface area contributed by atoms with Crippen molar-refractivity contribution in [2.45, 2.75) is 20.3 Å². The number of aryl methyl sites for hydroxylation is 2. The number of amides is 2. The van der Waals surface area contributed by atoms with Crippen LogP contribution in [0.25, 0.3) is 21.9 Å². The molecule has 3 heterocycles. The van der Waals surface area contributed by atoms with E-state index in [1.54, 1.807) is 6.92 Å². The Morgan fingerprint density at radius 2 is 1.90 bits per heavy atom. The highest BCUT2D eigenvalue weighted by atomic mass is 32.1. The Hall–Kier alpha value is -3.23. The summed E-state index contributed by atoms with van der Waals surface area (Å²) in [5.41, 5.74) is 8.19. The number of nitrogens with two attached hydrogens (primary N) is 1. The Bertz CT molecular complexity index is 1210. The summed E-state index contributed by atoms with van der Waals surface area (Å²) < 4.78 is 5.70. The van der Waals surface area contributed by atoms with Crippen molar-refractivity contribution >= 4 is 39.5 Å². The summed E-state index contributed by atoms with van der Waals surface area (Å²) >= 11 is 2.86. The topological polar surface area (TPSA) is 98.2 Å². The molecule has 0 aliphatic rings. The van der Waals surface area contributed by atoms with Crippen LogP contribution >= 0.6 is 22.7 Å². The lowest BCUT2D eigenvalue weighted by Crippen LogP contribution is -2.19. The number of nitrogens with zero attached hydrogens (tertiary/aromatic N) is 1. The van der Waals surface area contributed by atoms with E-state index in [1.807, 2.05) is 54.8 Å². The summed E-state index contributed by atoms with van der Waals surface area (Å²) in [6, 6.07) is 13.4. The van der Waals surface area contributed by atoms with Crippen LogP contribution in [0.1, 0.15) is 26.7 Å². The first kappa shape index (κ1) is 20.1. The second-order valence-electron chi connectivity index (χ2n) is 6.69. The number of hydrogen-bond acceptors (Lipinski definition) is 6. The molecular weight excluding hydrogens is 418 g/mol. The van der Waals surface area contributed by atoms with Gasteiger partial charge in [-0.05, 0) is 30.9 Å². The molecule has 0 spiro atoms. The Balaban J connectivity index is 1.59. The quantitative estimate of drug-likeness (QED) is 0.442. The Kier molecular flexibility index (Phi) is 5.52. The number of primary amides is 1.